The van der Waals surface area contributed by atoms with Crippen molar-refractivity contribution in [1.82, 2.24) is 10.2 Å². The van der Waals surface area contributed by atoms with Gasteiger partial charge in [-0.25, -0.2) is 0 Å². The maximum absolute atomic E-state index is 13.7. The first-order valence-electron chi connectivity index (χ1n) is 11.9. The molecule has 0 aliphatic carbocycles. The number of hydrogen-bond acceptors (Lipinski definition) is 3. The minimum Gasteiger partial charge on any atom is -0.344 e. The Labute approximate surface area is 201 Å². The third-order valence-electron chi connectivity index (χ3n) is 6.61. The molecule has 1 rings (SSSR count). The van der Waals surface area contributed by atoms with Gasteiger partial charge in [0, 0.05) is 18.4 Å². The molecule has 1 aromatic carbocycles. The summed E-state index contributed by atoms with van der Waals surface area (Å²) >= 11 is 0. The van der Waals surface area contributed by atoms with Gasteiger partial charge in [-0.15, -0.1) is 0 Å². The second-order valence-corrected chi connectivity index (χ2v) is 11.1. The predicted molar refractivity (Wildman–Crippen MR) is 136 cm³/mol. The summed E-state index contributed by atoms with van der Waals surface area (Å²) < 4.78 is 0. The van der Waals surface area contributed by atoms with Crippen molar-refractivity contribution in [2.75, 3.05) is 7.05 Å². The highest BCUT2D eigenvalue weighted by atomic mass is 16.2. The van der Waals surface area contributed by atoms with Gasteiger partial charge in [0.05, 0.1) is 6.04 Å². The predicted octanol–water partition coefficient (Wildman–Crippen LogP) is 5.15. The number of carbonyl (C=O) groups is 3. The van der Waals surface area contributed by atoms with Gasteiger partial charge in [0.2, 0.25) is 11.8 Å². The summed E-state index contributed by atoms with van der Waals surface area (Å²) in [7, 11) is 1.75. The molecule has 5 nitrogen and oxygen atoms in total. The maximum Gasteiger partial charge on any atom is 0.245 e. The van der Waals surface area contributed by atoms with Crippen LogP contribution in [0.4, 0.5) is 0 Å². The first kappa shape index (κ1) is 28.6. The molecule has 0 aliphatic heterocycles. The van der Waals surface area contributed by atoms with Gasteiger partial charge in [-0.1, -0.05) is 91.8 Å². The van der Waals surface area contributed by atoms with Gasteiger partial charge in [-0.05, 0) is 35.8 Å². The molecule has 184 valence electrons. The number of nitrogens with zero attached hydrogens (tertiary/aromatic N) is 1. The first-order chi connectivity index (χ1) is 15.2. The summed E-state index contributed by atoms with van der Waals surface area (Å²) in [4.78, 5) is 40.1. The standard InChI is InChI=1S/C28H44N2O3/c1-11-22(28(8,9)21-15-13-12-14-16-21)25(32)29-24(27(5,6)7)26(33)30(10)23(19(2)3)17-20(4)18-31/h12-19,22-24H,11H2,1-10H3,(H,29,32)/b20-17+/t22-,23-,24-/m1/s1. The highest BCUT2D eigenvalue weighted by Gasteiger charge is 2.41. The van der Waals surface area contributed by atoms with E-state index in [9.17, 15) is 14.4 Å². The average molecular weight is 457 g/mol. The number of likely N-dealkylation sites (N-methyl/N-ethyl adjacent to an activating group) is 1. The molecule has 0 unspecified atom stereocenters. The zero-order valence-corrected chi connectivity index (χ0v) is 22.2. The summed E-state index contributed by atoms with van der Waals surface area (Å²) in [6.45, 7) is 17.8. The molecule has 2 amide bonds. The van der Waals surface area contributed by atoms with Crippen molar-refractivity contribution in [3.05, 3.63) is 47.5 Å². The fourth-order valence-electron chi connectivity index (χ4n) is 4.39. The monoisotopic (exact) mass is 456 g/mol. The lowest BCUT2D eigenvalue weighted by Crippen LogP contribution is -2.58. The largest absolute Gasteiger partial charge is 0.344 e. The molecule has 0 aliphatic rings. The molecule has 0 fully saturated rings. The second kappa shape index (κ2) is 11.6. The lowest BCUT2D eigenvalue weighted by atomic mass is 9.71. The van der Waals surface area contributed by atoms with E-state index >= 15 is 0 Å². The Morgan fingerprint density at radius 3 is 2.03 bits per heavy atom. The number of hydrogen-bond donors (Lipinski definition) is 1. The van der Waals surface area contributed by atoms with Crippen molar-refractivity contribution >= 4 is 18.1 Å². The average Bonchev–Trinajstić information content (AvgIpc) is 2.74. The minimum atomic E-state index is -0.693. The number of amides is 2. The van der Waals surface area contributed by atoms with E-state index in [-0.39, 0.29) is 35.1 Å². The Morgan fingerprint density at radius 2 is 1.61 bits per heavy atom. The van der Waals surface area contributed by atoms with Gasteiger partial charge in [0.1, 0.15) is 12.3 Å². The van der Waals surface area contributed by atoms with Crippen LogP contribution in [0.15, 0.2) is 42.0 Å². The van der Waals surface area contributed by atoms with E-state index in [0.29, 0.717) is 12.0 Å². The van der Waals surface area contributed by atoms with Crippen LogP contribution in [-0.2, 0) is 19.8 Å². The Bertz CT molecular complexity index is 834. The number of carbonyl (C=O) groups excluding carboxylic acids is 3. The molecule has 0 aromatic heterocycles. The quantitative estimate of drug-likeness (QED) is 0.391. The smallest absolute Gasteiger partial charge is 0.245 e. The van der Waals surface area contributed by atoms with E-state index in [1.807, 2.05) is 78.0 Å². The molecule has 0 heterocycles. The van der Waals surface area contributed by atoms with Crippen LogP contribution >= 0.6 is 0 Å². The van der Waals surface area contributed by atoms with Crippen molar-refractivity contribution in [1.29, 1.82) is 0 Å². The van der Waals surface area contributed by atoms with E-state index in [2.05, 4.69) is 19.2 Å². The number of allylic oxidation sites excluding steroid dienone is 1. The molecule has 1 N–H and O–H groups in total. The molecule has 0 saturated heterocycles. The Balaban J connectivity index is 3.27. The van der Waals surface area contributed by atoms with Crippen LogP contribution in [0.5, 0.6) is 0 Å². The molecule has 5 heteroatoms. The highest BCUT2D eigenvalue weighted by molar-refractivity contribution is 5.90. The van der Waals surface area contributed by atoms with E-state index in [0.717, 1.165) is 11.8 Å². The summed E-state index contributed by atoms with van der Waals surface area (Å²) in [6, 6.07) is 9.10. The molecule has 0 radical (unpaired) electrons. The Kier molecular flexibility index (Phi) is 10.1. The molecule has 0 bridgehead atoms. The fourth-order valence-corrected chi connectivity index (χ4v) is 4.39. The van der Waals surface area contributed by atoms with Crippen LogP contribution in [0.1, 0.15) is 74.3 Å². The number of aldehydes is 1. The van der Waals surface area contributed by atoms with Crippen molar-refractivity contribution in [3.8, 4) is 0 Å². The zero-order chi connectivity index (χ0) is 25.6. The van der Waals surface area contributed by atoms with Crippen LogP contribution in [0, 0.1) is 17.3 Å². The zero-order valence-electron chi connectivity index (χ0n) is 22.2. The van der Waals surface area contributed by atoms with Crippen molar-refractivity contribution in [2.24, 2.45) is 17.3 Å². The SMILES string of the molecule is CC[C@H](C(=O)N[C@H](C(=O)N(C)[C@H](/C=C(\C)C=O)C(C)C)C(C)(C)C)C(C)(C)c1ccccc1. The molecule has 1 aromatic rings. The Hall–Kier alpha value is -2.43. The highest BCUT2D eigenvalue weighted by Crippen LogP contribution is 2.34. The van der Waals surface area contributed by atoms with E-state index in [4.69, 9.17) is 0 Å². The van der Waals surface area contributed by atoms with Crippen LogP contribution < -0.4 is 5.32 Å². The number of benzene rings is 1. The molecule has 33 heavy (non-hydrogen) atoms. The summed E-state index contributed by atoms with van der Waals surface area (Å²) in [6.07, 6.45) is 3.28. The lowest BCUT2D eigenvalue weighted by molar-refractivity contribution is -0.141. The van der Waals surface area contributed by atoms with Gasteiger partial charge >= 0.3 is 0 Å². The minimum absolute atomic E-state index is 0.116. The fraction of sp³-hybridized carbons (Fsp3) is 0.607. The third-order valence-corrected chi connectivity index (χ3v) is 6.61. The van der Waals surface area contributed by atoms with Gasteiger partial charge in [-0.3, -0.25) is 14.4 Å². The van der Waals surface area contributed by atoms with Gasteiger partial charge in [0.15, 0.2) is 0 Å². The normalized spacial score (nSPS) is 15.5. The second-order valence-electron chi connectivity index (χ2n) is 11.1. The summed E-state index contributed by atoms with van der Waals surface area (Å²) in [5.41, 5.74) is 0.806. The molecule has 0 spiro atoms. The van der Waals surface area contributed by atoms with Crippen LogP contribution in [0.3, 0.4) is 0 Å². The number of nitrogens with one attached hydrogen (secondary N) is 1. The lowest BCUT2D eigenvalue weighted by Gasteiger charge is -2.39. The number of rotatable bonds is 10. The van der Waals surface area contributed by atoms with E-state index < -0.39 is 11.5 Å². The molecular weight excluding hydrogens is 412 g/mol. The third kappa shape index (κ3) is 7.28. The topological polar surface area (TPSA) is 66.5 Å². The van der Waals surface area contributed by atoms with Crippen molar-refractivity contribution in [2.45, 2.75) is 86.2 Å². The van der Waals surface area contributed by atoms with E-state index in [1.165, 1.54) is 0 Å². The first-order valence-corrected chi connectivity index (χ1v) is 11.9. The van der Waals surface area contributed by atoms with Crippen LogP contribution in [-0.4, -0.2) is 42.1 Å². The van der Waals surface area contributed by atoms with Crippen molar-refractivity contribution in [3.63, 3.8) is 0 Å². The van der Waals surface area contributed by atoms with E-state index in [1.54, 1.807) is 18.9 Å². The van der Waals surface area contributed by atoms with Crippen LogP contribution in [0.2, 0.25) is 0 Å². The molecular formula is C28H44N2O3. The van der Waals surface area contributed by atoms with Crippen LogP contribution in [0.25, 0.3) is 0 Å². The Morgan fingerprint density at radius 1 is 1.06 bits per heavy atom. The summed E-state index contributed by atoms with van der Waals surface area (Å²) in [5, 5.41) is 3.11. The molecule has 0 saturated carbocycles. The maximum atomic E-state index is 13.7. The van der Waals surface area contributed by atoms with Crippen molar-refractivity contribution < 1.29 is 14.4 Å². The van der Waals surface area contributed by atoms with Gasteiger partial charge < -0.3 is 10.2 Å². The van der Waals surface area contributed by atoms with Gasteiger partial charge in [0.25, 0.3) is 0 Å². The molecule has 3 atom stereocenters. The van der Waals surface area contributed by atoms with Gasteiger partial charge in [-0.2, -0.15) is 0 Å². The summed E-state index contributed by atoms with van der Waals surface area (Å²) in [5.74, 6) is -0.447.